The molecule has 0 aliphatic heterocycles. The minimum atomic E-state index is 0.417. The van der Waals surface area contributed by atoms with Crippen molar-refractivity contribution in [3.63, 3.8) is 0 Å². The van der Waals surface area contributed by atoms with E-state index in [0.29, 0.717) is 17.2 Å². The maximum absolute atomic E-state index is 3.93. The van der Waals surface area contributed by atoms with Crippen molar-refractivity contribution >= 4 is 11.6 Å². The molecule has 88 valence electrons. The van der Waals surface area contributed by atoms with Gasteiger partial charge in [0.2, 0.25) is 11.6 Å². The first-order valence-electron chi connectivity index (χ1n) is 5.18. The van der Waals surface area contributed by atoms with Crippen LogP contribution in [0.25, 0.3) is 11.6 Å². The second-order valence-corrected chi connectivity index (χ2v) is 3.44. The van der Waals surface area contributed by atoms with Gasteiger partial charge in [0.15, 0.2) is 0 Å². The minimum absolute atomic E-state index is 0.417. The van der Waals surface area contributed by atoms with Crippen LogP contribution in [-0.2, 0) is 0 Å². The lowest BCUT2D eigenvalue weighted by atomic mass is 10.1. The molecule has 0 bridgehead atoms. The first-order chi connectivity index (χ1) is 8.93. The quantitative estimate of drug-likeness (QED) is 0.681. The fraction of sp³-hybridized carbons (Fsp3) is 0. The van der Waals surface area contributed by atoms with Crippen LogP contribution in [0.2, 0.25) is 0 Å². The summed E-state index contributed by atoms with van der Waals surface area (Å²) < 4.78 is 0. The van der Waals surface area contributed by atoms with Crippen molar-refractivity contribution in [1.82, 2.24) is 41.2 Å². The van der Waals surface area contributed by atoms with Crippen molar-refractivity contribution in [2.24, 2.45) is 0 Å². The van der Waals surface area contributed by atoms with Gasteiger partial charge in [-0.15, -0.1) is 20.4 Å². The van der Waals surface area contributed by atoms with Crippen molar-refractivity contribution < 1.29 is 0 Å². The van der Waals surface area contributed by atoms with Crippen LogP contribution >= 0.6 is 0 Å². The summed E-state index contributed by atoms with van der Waals surface area (Å²) in [6, 6.07) is 9.74. The molecule has 0 radical (unpaired) electrons. The average Bonchev–Trinajstić information content (AvgIpc) is 3.11. The lowest BCUT2D eigenvalue weighted by Crippen LogP contribution is -1.94. The van der Waals surface area contributed by atoms with Crippen LogP contribution in [0.1, 0.15) is 17.2 Å². The third-order valence-electron chi connectivity index (χ3n) is 2.28. The zero-order valence-electron chi connectivity index (χ0n) is 9.15. The van der Waals surface area contributed by atoms with Gasteiger partial charge >= 0.3 is 0 Å². The second-order valence-electron chi connectivity index (χ2n) is 3.44. The zero-order chi connectivity index (χ0) is 12.2. The van der Waals surface area contributed by atoms with E-state index in [-0.39, 0.29) is 0 Å². The van der Waals surface area contributed by atoms with E-state index >= 15 is 0 Å². The molecule has 8 nitrogen and oxygen atoms in total. The highest BCUT2D eigenvalue weighted by molar-refractivity contribution is 5.85. The van der Waals surface area contributed by atoms with Crippen LogP contribution < -0.4 is 0 Å². The Morgan fingerprint density at radius 2 is 1.50 bits per heavy atom. The Morgan fingerprint density at radius 1 is 0.889 bits per heavy atom. The van der Waals surface area contributed by atoms with Gasteiger partial charge in [0, 0.05) is 0 Å². The summed E-state index contributed by atoms with van der Waals surface area (Å²) in [5, 5.41) is 27.6. The lowest BCUT2D eigenvalue weighted by molar-refractivity contribution is 0.881. The smallest absolute Gasteiger partial charge is 0.177 e. The van der Waals surface area contributed by atoms with Gasteiger partial charge in [-0.2, -0.15) is 10.4 Å². The molecule has 0 amide bonds. The zero-order valence-corrected chi connectivity index (χ0v) is 9.15. The van der Waals surface area contributed by atoms with E-state index in [2.05, 4.69) is 41.2 Å². The third-order valence-corrected chi connectivity index (χ3v) is 2.28. The largest absolute Gasteiger partial charge is 0.208 e. The molecule has 0 unspecified atom stereocenters. The van der Waals surface area contributed by atoms with E-state index in [1.54, 1.807) is 0 Å². The van der Waals surface area contributed by atoms with E-state index in [1.807, 2.05) is 36.4 Å². The van der Waals surface area contributed by atoms with Crippen molar-refractivity contribution in [2.75, 3.05) is 0 Å². The highest BCUT2D eigenvalue weighted by atomic mass is 15.5. The number of benzene rings is 1. The number of hydrogen-bond acceptors (Lipinski definition) is 6. The van der Waals surface area contributed by atoms with Crippen molar-refractivity contribution in [3.8, 4) is 0 Å². The normalized spacial score (nSPS) is 10.2. The average molecular weight is 240 g/mol. The molecule has 1 aromatic carbocycles. The van der Waals surface area contributed by atoms with Crippen LogP contribution in [0, 0.1) is 0 Å². The maximum Gasteiger partial charge on any atom is 0.208 e. The third kappa shape index (κ3) is 1.98. The number of tetrazole rings is 2. The molecule has 3 aromatic rings. The summed E-state index contributed by atoms with van der Waals surface area (Å²) in [5.41, 5.74) is 1.63. The Bertz CT molecular complexity index is 590. The van der Waals surface area contributed by atoms with Gasteiger partial charge in [-0.1, -0.05) is 30.3 Å². The Hall–Kier alpha value is -2.90. The predicted molar refractivity (Wildman–Crippen MR) is 61.8 cm³/mol. The van der Waals surface area contributed by atoms with Gasteiger partial charge in [0.05, 0.1) is 5.57 Å². The molecule has 8 heteroatoms. The van der Waals surface area contributed by atoms with Gasteiger partial charge < -0.3 is 0 Å². The van der Waals surface area contributed by atoms with Crippen molar-refractivity contribution in [2.45, 2.75) is 0 Å². The van der Waals surface area contributed by atoms with E-state index < -0.39 is 0 Å². The fourth-order valence-electron chi connectivity index (χ4n) is 1.50. The molecule has 0 atom stereocenters. The molecule has 2 N–H and O–H groups in total. The topological polar surface area (TPSA) is 109 Å². The van der Waals surface area contributed by atoms with Crippen LogP contribution in [0.4, 0.5) is 0 Å². The Balaban J connectivity index is 2.09. The van der Waals surface area contributed by atoms with E-state index in [1.165, 1.54) is 0 Å². The van der Waals surface area contributed by atoms with E-state index in [0.717, 1.165) is 5.56 Å². The SMILES string of the molecule is C(=C(c1nn[nH]n1)c1nn[nH]n1)c1ccccc1. The molecule has 0 fully saturated rings. The molecule has 18 heavy (non-hydrogen) atoms. The van der Waals surface area contributed by atoms with Gasteiger partial charge in [0.1, 0.15) is 0 Å². The summed E-state index contributed by atoms with van der Waals surface area (Å²) in [4.78, 5) is 0. The summed E-state index contributed by atoms with van der Waals surface area (Å²) in [5.74, 6) is 0.834. The second kappa shape index (κ2) is 4.53. The molecule has 0 saturated heterocycles. The van der Waals surface area contributed by atoms with Crippen LogP contribution in [0.15, 0.2) is 30.3 Å². The van der Waals surface area contributed by atoms with Gasteiger partial charge in [-0.05, 0) is 22.1 Å². The number of nitrogens with one attached hydrogen (secondary N) is 2. The summed E-state index contributed by atoms with van der Waals surface area (Å²) in [7, 11) is 0. The molecule has 0 aliphatic carbocycles. The molecule has 3 rings (SSSR count). The standard InChI is InChI=1S/C10H8N8/c1-2-4-7(5-3-1)6-8(9-11-15-16-12-9)10-13-17-18-14-10/h1-6H,(H,11,12,15,16)(H,13,14,17,18). The van der Waals surface area contributed by atoms with Crippen LogP contribution in [0.3, 0.4) is 0 Å². The number of aromatic nitrogens is 8. The van der Waals surface area contributed by atoms with E-state index in [9.17, 15) is 0 Å². The van der Waals surface area contributed by atoms with Gasteiger partial charge in [-0.3, -0.25) is 0 Å². The number of H-pyrrole nitrogens is 2. The molecule has 0 saturated carbocycles. The lowest BCUT2D eigenvalue weighted by Gasteiger charge is -1.97. The van der Waals surface area contributed by atoms with Crippen molar-refractivity contribution in [3.05, 3.63) is 47.5 Å². The van der Waals surface area contributed by atoms with Gasteiger partial charge in [0.25, 0.3) is 0 Å². The first kappa shape index (κ1) is 10.3. The summed E-state index contributed by atoms with van der Waals surface area (Å²) in [6.45, 7) is 0. The summed E-state index contributed by atoms with van der Waals surface area (Å²) >= 11 is 0. The molecule has 0 spiro atoms. The minimum Gasteiger partial charge on any atom is -0.177 e. The van der Waals surface area contributed by atoms with Gasteiger partial charge in [-0.25, -0.2) is 0 Å². The predicted octanol–water partition coefficient (Wildman–Crippen LogP) is 0.302. The Morgan fingerprint density at radius 3 is 2.00 bits per heavy atom. The molecular formula is C10H8N8. The van der Waals surface area contributed by atoms with Crippen LogP contribution in [0.5, 0.6) is 0 Å². The molecule has 2 aromatic heterocycles. The number of nitrogens with zero attached hydrogens (tertiary/aromatic N) is 6. The maximum atomic E-state index is 3.93. The number of hydrogen-bond donors (Lipinski definition) is 2. The monoisotopic (exact) mass is 240 g/mol. The Kier molecular flexibility index (Phi) is 2.59. The molecule has 0 aliphatic rings. The first-order valence-corrected chi connectivity index (χ1v) is 5.18. The number of rotatable bonds is 3. The number of aromatic amines is 2. The highest BCUT2D eigenvalue weighted by Gasteiger charge is 2.14. The summed E-state index contributed by atoms with van der Waals surface area (Å²) in [6.07, 6.45) is 1.87. The van der Waals surface area contributed by atoms with E-state index in [4.69, 9.17) is 0 Å². The van der Waals surface area contributed by atoms with Crippen molar-refractivity contribution in [1.29, 1.82) is 0 Å². The van der Waals surface area contributed by atoms with Crippen LogP contribution in [-0.4, -0.2) is 41.2 Å². The molecular weight excluding hydrogens is 232 g/mol. The Labute approximate surface area is 101 Å². The highest BCUT2D eigenvalue weighted by Crippen LogP contribution is 2.18. The fourth-order valence-corrected chi connectivity index (χ4v) is 1.50. The molecule has 2 heterocycles.